The Morgan fingerprint density at radius 1 is 1.47 bits per heavy atom. The van der Waals surface area contributed by atoms with Crippen molar-refractivity contribution in [2.24, 2.45) is 5.92 Å². The summed E-state index contributed by atoms with van der Waals surface area (Å²) in [4.78, 5) is 0. The molecule has 0 saturated heterocycles. The third-order valence-electron chi connectivity index (χ3n) is 3.51. The maximum Gasteiger partial charge on any atom is 0.123 e. The molecule has 0 bridgehead atoms. The first-order valence-corrected chi connectivity index (χ1v) is 6.60. The molecule has 0 aliphatic carbocycles. The normalized spacial score (nSPS) is 19.8. The molecule has 1 N–H and O–H groups in total. The van der Waals surface area contributed by atoms with Gasteiger partial charge in [-0.15, -0.1) is 0 Å². The summed E-state index contributed by atoms with van der Waals surface area (Å²) in [6, 6.07) is 6.37. The van der Waals surface area contributed by atoms with Gasteiger partial charge in [-0.3, -0.25) is 0 Å². The van der Waals surface area contributed by atoms with Gasteiger partial charge in [0.05, 0.1) is 0 Å². The first kappa shape index (κ1) is 12.4. The van der Waals surface area contributed by atoms with Crippen molar-refractivity contribution in [2.75, 3.05) is 6.61 Å². The van der Waals surface area contributed by atoms with Crippen molar-refractivity contribution in [1.82, 2.24) is 0 Å². The van der Waals surface area contributed by atoms with E-state index in [1.165, 1.54) is 11.1 Å². The standard InChI is InChI=1S/C15H22O2/c1-3-4-12(10-16)8-14-9-13-7-11(2)5-6-15(13)17-14/h5-7,12,14,16H,3-4,8-10H2,1-2H3. The Labute approximate surface area is 104 Å². The lowest BCUT2D eigenvalue weighted by molar-refractivity contribution is 0.144. The van der Waals surface area contributed by atoms with Crippen LogP contribution in [0.5, 0.6) is 5.75 Å². The SMILES string of the molecule is CCCC(CO)CC1Cc2cc(C)ccc2O1. The molecule has 94 valence electrons. The van der Waals surface area contributed by atoms with E-state index in [1.54, 1.807) is 0 Å². The topological polar surface area (TPSA) is 29.5 Å². The second-order valence-corrected chi connectivity index (χ2v) is 5.13. The van der Waals surface area contributed by atoms with Crippen LogP contribution in [0.2, 0.25) is 0 Å². The first-order valence-electron chi connectivity index (χ1n) is 6.60. The summed E-state index contributed by atoms with van der Waals surface area (Å²) in [6.07, 6.45) is 4.45. The second kappa shape index (κ2) is 5.54. The van der Waals surface area contributed by atoms with E-state index in [-0.39, 0.29) is 12.7 Å². The minimum absolute atomic E-state index is 0.260. The minimum Gasteiger partial charge on any atom is -0.490 e. The monoisotopic (exact) mass is 234 g/mol. The molecule has 17 heavy (non-hydrogen) atoms. The highest BCUT2D eigenvalue weighted by molar-refractivity contribution is 5.40. The minimum atomic E-state index is 0.260. The van der Waals surface area contributed by atoms with Gasteiger partial charge in [-0.05, 0) is 37.3 Å². The van der Waals surface area contributed by atoms with Gasteiger partial charge in [0.25, 0.3) is 0 Å². The summed E-state index contributed by atoms with van der Waals surface area (Å²) < 4.78 is 5.93. The van der Waals surface area contributed by atoms with Crippen LogP contribution in [-0.2, 0) is 6.42 Å². The van der Waals surface area contributed by atoms with Crippen molar-refractivity contribution in [3.05, 3.63) is 29.3 Å². The molecule has 2 nitrogen and oxygen atoms in total. The number of hydrogen-bond acceptors (Lipinski definition) is 2. The molecule has 0 radical (unpaired) electrons. The smallest absolute Gasteiger partial charge is 0.123 e. The number of rotatable bonds is 5. The molecule has 1 aliphatic heterocycles. The highest BCUT2D eigenvalue weighted by Crippen LogP contribution is 2.32. The van der Waals surface area contributed by atoms with E-state index < -0.39 is 0 Å². The fraction of sp³-hybridized carbons (Fsp3) is 0.600. The average molecular weight is 234 g/mol. The van der Waals surface area contributed by atoms with Gasteiger partial charge in [-0.1, -0.05) is 31.0 Å². The van der Waals surface area contributed by atoms with Crippen LogP contribution in [0, 0.1) is 12.8 Å². The highest BCUT2D eigenvalue weighted by atomic mass is 16.5. The molecule has 0 fully saturated rings. The van der Waals surface area contributed by atoms with Gasteiger partial charge in [0.2, 0.25) is 0 Å². The lowest BCUT2D eigenvalue weighted by atomic mass is 9.95. The molecule has 0 spiro atoms. The number of aliphatic hydroxyl groups excluding tert-OH is 1. The largest absolute Gasteiger partial charge is 0.490 e. The van der Waals surface area contributed by atoms with Gasteiger partial charge in [-0.25, -0.2) is 0 Å². The number of benzene rings is 1. The molecule has 0 amide bonds. The van der Waals surface area contributed by atoms with Crippen LogP contribution in [-0.4, -0.2) is 17.8 Å². The van der Waals surface area contributed by atoms with Gasteiger partial charge in [-0.2, -0.15) is 0 Å². The van der Waals surface area contributed by atoms with E-state index in [4.69, 9.17) is 4.74 Å². The summed E-state index contributed by atoms with van der Waals surface area (Å²) in [7, 11) is 0. The zero-order chi connectivity index (χ0) is 12.3. The van der Waals surface area contributed by atoms with Gasteiger partial charge < -0.3 is 9.84 Å². The van der Waals surface area contributed by atoms with Crippen molar-refractivity contribution in [3.63, 3.8) is 0 Å². The molecule has 2 unspecified atom stereocenters. The molecule has 1 heterocycles. The predicted octanol–water partition coefficient (Wildman–Crippen LogP) is 3.10. The van der Waals surface area contributed by atoms with Gasteiger partial charge in [0.15, 0.2) is 0 Å². The van der Waals surface area contributed by atoms with Crippen molar-refractivity contribution in [1.29, 1.82) is 0 Å². The van der Waals surface area contributed by atoms with Crippen molar-refractivity contribution >= 4 is 0 Å². The molecule has 1 aromatic carbocycles. The molecule has 2 atom stereocenters. The second-order valence-electron chi connectivity index (χ2n) is 5.13. The molecular formula is C15H22O2. The van der Waals surface area contributed by atoms with Crippen LogP contribution in [0.3, 0.4) is 0 Å². The average Bonchev–Trinajstić information content (AvgIpc) is 2.69. The van der Waals surface area contributed by atoms with Crippen LogP contribution < -0.4 is 4.74 Å². The summed E-state index contributed by atoms with van der Waals surface area (Å²) in [5.41, 5.74) is 2.61. The van der Waals surface area contributed by atoms with Gasteiger partial charge >= 0.3 is 0 Å². The molecule has 1 aromatic rings. The number of ether oxygens (including phenoxy) is 1. The van der Waals surface area contributed by atoms with E-state index in [0.717, 1.165) is 31.4 Å². The summed E-state index contributed by atoms with van der Waals surface area (Å²) in [6.45, 7) is 4.56. The Bertz CT molecular complexity index is 373. The zero-order valence-corrected chi connectivity index (χ0v) is 10.8. The Balaban J connectivity index is 1.95. The van der Waals surface area contributed by atoms with Crippen molar-refractivity contribution in [3.8, 4) is 5.75 Å². The Hall–Kier alpha value is -1.02. The maximum absolute atomic E-state index is 9.32. The van der Waals surface area contributed by atoms with Crippen LogP contribution >= 0.6 is 0 Å². The van der Waals surface area contributed by atoms with Crippen molar-refractivity contribution in [2.45, 2.75) is 45.6 Å². The number of aryl methyl sites for hydroxylation is 1. The number of hydrogen-bond donors (Lipinski definition) is 1. The van der Waals surface area contributed by atoms with Crippen LogP contribution in [0.4, 0.5) is 0 Å². The molecule has 1 aliphatic rings. The van der Waals surface area contributed by atoms with Crippen molar-refractivity contribution < 1.29 is 9.84 Å². The van der Waals surface area contributed by atoms with E-state index in [9.17, 15) is 5.11 Å². The Morgan fingerprint density at radius 3 is 3.00 bits per heavy atom. The van der Waals surface area contributed by atoms with Gasteiger partial charge in [0.1, 0.15) is 11.9 Å². The van der Waals surface area contributed by atoms with Gasteiger partial charge in [0, 0.05) is 13.0 Å². The third kappa shape index (κ3) is 3.01. The molecule has 0 aromatic heterocycles. The highest BCUT2D eigenvalue weighted by Gasteiger charge is 2.25. The zero-order valence-electron chi connectivity index (χ0n) is 10.8. The summed E-state index contributed by atoms with van der Waals surface area (Å²) in [5.74, 6) is 1.43. The van der Waals surface area contributed by atoms with E-state index in [0.29, 0.717) is 5.92 Å². The quantitative estimate of drug-likeness (QED) is 0.848. The Kier molecular flexibility index (Phi) is 4.06. The van der Waals surface area contributed by atoms with E-state index >= 15 is 0 Å². The van der Waals surface area contributed by atoms with E-state index in [2.05, 4.69) is 32.0 Å². The summed E-state index contributed by atoms with van der Waals surface area (Å²) in [5, 5.41) is 9.32. The third-order valence-corrected chi connectivity index (χ3v) is 3.51. The Morgan fingerprint density at radius 2 is 2.29 bits per heavy atom. The number of aliphatic hydroxyl groups is 1. The lowest BCUT2D eigenvalue weighted by Gasteiger charge is -2.17. The summed E-state index contributed by atoms with van der Waals surface area (Å²) >= 11 is 0. The lowest BCUT2D eigenvalue weighted by Crippen LogP contribution is -2.20. The fourth-order valence-electron chi connectivity index (χ4n) is 2.64. The fourth-order valence-corrected chi connectivity index (χ4v) is 2.64. The molecule has 2 rings (SSSR count). The molecular weight excluding hydrogens is 212 g/mol. The van der Waals surface area contributed by atoms with Crippen LogP contribution in [0.15, 0.2) is 18.2 Å². The molecule has 2 heteroatoms. The van der Waals surface area contributed by atoms with E-state index in [1.807, 2.05) is 0 Å². The first-order chi connectivity index (χ1) is 8.22. The van der Waals surface area contributed by atoms with Crippen LogP contribution in [0.25, 0.3) is 0 Å². The predicted molar refractivity (Wildman–Crippen MR) is 69.4 cm³/mol. The molecule has 0 saturated carbocycles. The maximum atomic E-state index is 9.32. The number of fused-ring (bicyclic) bond motifs is 1. The van der Waals surface area contributed by atoms with Crippen LogP contribution in [0.1, 0.15) is 37.3 Å².